The van der Waals surface area contributed by atoms with E-state index >= 15 is 0 Å². The van der Waals surface area contributed by atoms with Gasteiger partial charge in [0.15, 0.2) is 0 Å². The molecule has 1 atom stereocenters. The Bertz CT molecular complexity index is 501. The van der Waals surface area contributed by atoms with Crippen LogP contribution in [0.1, 0.15) is 11.1 Å². The molecule has 0 aliphatic carbocycles. The summed E-state index contributed by atoms with van der Waals surface area (Å²) in [5, 5.41) is 12.8. The molecule has 0 fully saturated rings. The maximum atomic E-state index is 9.45. The number of aliphatic hydroxyl groups excluding tert-OH is 1. The molecular weight excluding hydrogens is 302 g/mol. The molecule has 0 aromatic heterocycles. The minimum Gasteiger partial charge on any atom is -0.395 e. The lowest BCUT2D eigenvalue weighted by Crippen LogP contribution is -2.34. The van der Waals surface area contributed by atoms with Crippen LogP contribution in [-0.2, 0) is 13.0 Å². The Balaban J connectivity index is 1.89. The highest BCUT2D eigenvalue weighted by Crippen LogP contribution is 2.12. The van der Waals surface area contributed by atoms with Crippen molar-refractivity contribution < 1.29 is 5.11 Å². The first-order valence-electron chi connectivity index (χ1n) is 6.40. The van der Waals surface area contributed by atoms with Gasteiger partial charge in [0.2, 0.25) is 0 Å². The summed E-state index contributed by atoms with van der Waals surface area (Å²) < 4.78 is 1.08. The molecule has 0 saturated carbocycles. The van der Waals surface area contributed by atoms with E-state index < -0.39 is 0 Å². The Morgan fingerprint density at radius 3 is 2.42 bits per heavy atom. The second-order valence-corrected chi connectivity index (χ2v) is 5.50. The van der Waals surface area contributed by atoms with Crippen LogP contribution >= 0.6 is 15.9 Å². The highest BCUT2D eigenvalue weighted by Gasteiger charge is 2.07. The number of halogens is 1. The predicted octanol–water partition coefficient (Wildman–Crippen LogP) is 3.14. The van der Waals surface area contributed by atoms with E-state index in [2.05, 4.69) is 45.5 Å². The monoisotopic (exact) mass is 319 g/mol. The van der Waals surface area contributed by atoms with Crippen LogP contribution in [0.15, 0.2) is 59.1 Å². The van der Waals surface area contributed by atoms with Crippen molar-refractivity contribution >= 4 is 15.9 Å². The Labute approximate surface area is 122 Å². The summed E-state index contributed by atoms with van der Waals surface area (Å²) in [6, 6.07) is 18.5. The van der Waals surface area contributed by atoms with Crippen molar-refractivity contribution in [3.63, 3.8) is 0 Å². The molecule has 0 heterocycles. The molecule has 19 heavy (non-hydrogen) atoms. The lowest BCUT2D eigenvalue weighted by Gasteiger charge is -2.16. The Morgan fingerprint density at radius 2 is 1.74 bits per heavy atom. The second kappa shape index (κ2) is 7.43. The van der Waals surface area contributed by atoms with Crippen molar-refractivity contribution in [3.8, 4) is 0 Å². The third-order valence-corrected chi connectivity index (χ3v) is 3.52. The fourth-order valence-corrected chi connectivity index (χ4v) is 2.46. The summed E-state index contributed by atoms with van der Waals surface area (Å²) in [6.07, 6.45) is 0.839. The molecule has 0 saturated heterocycles. The first-order valence-corrected chi connectivity index (χ1v) is 7.20. The van der Waals surface area contributed by atoms with Gasteiger partial charge in [0.05, 0.1) is 6.61 Å². The molecule has 0 amide bonds. The molecule has 2 nitrogen and oxygen atoms in total. The minimum absolute atomic E-state index is 0.0846. The van der Waals surface area contributed by atoms with Gasteiger partial charge in [-0.05, 0) is 29.7 Å². The average molecular weight is 320 g/mol. The number of hydrogen-bond donors (Lipinski definition) is 2. The van der Waals surface area contributed by atoms with E-state index in [0.29, 0.717) is 0 Å². The minimum atomic E-state index is 0.0846. The van der Waals surface area contributed by atoms with Crippen molar-refractivity contribution in [1.82, 2.24) is 5.32 Å². The zero-order valence-corrected chi connectivity index (χ0v) is 12.3. The quantitative estimate of drug-likeness (QED) is 0.857. The summed E-state index contributed by atoms with van der Waals surface area (Å²) in [5.74, 6) is 0. The van der Waals surface area contributed by atoms with Gasteiger partial charge in [-0.1, -0.05) is 58.4 Å². The number of aliphatic hydroxyl groups is 1. The van der Waals surface area contributed by atoms with Crippen LogP contribution in [0.3, 0.4) is 0 Å². The first kappa shape index (κ1) is 14.3. The van der Waals surface area contributed by atoms with Crippen LogP contribution in [0.5, 0.6) is 0 Å². The number of rotatable bonds is 6. The molecule has 2 rings (SSSR count). The topological polar surface area (TPSA) is 32.3 Å². The van der Waals surface area contributed by atoms with Crippen molar-refractivity contribution in [2.45, 2.75) is 19.0 Å². The predicted molar refractivity (Wildman–Crippen MR) is 82.0 cm³/mol. The molecule has 0 bridgehead atoms. The summed E-state index contributed by atoms with van der Waals surface area (Å²) in [6.45, 7) is 0.903. The van der Waals surface area contributed by atoms with Crippen LogP contribution in [0.2, 0.25) is 0 Å². The van der Waals surface area contributed by atoms with E-state index in [1.165, 1.54) is 11.1 Å². The molecule has 0 unspecified atom stereocenters. The Hall–Kier alpha value is -1.16. The van der Waals surface area contributed by atoms with E-state index in [4.69, 9.17) is 0 Å². The van der Waals surface area contributed by atoms with Gasteiger partial charge < -0.3 is 10.4 Å². The molecule has 2 aromatic rings. The summed E-state index contributed by atoms with van der Waals surface area (Å²) in [5.41, 5.74) is 2.45. The fourth-order valence-electron chi connectivity index (χ4n) is 2.01. The Morgan fingerprint density at radius 1 is 1.00 bits per heavy atom. The summed E-state index contributed by atoms with van der Waals surface area (Å²) in [4.78, 5) is 0. The summed E-state index contributed by atoms with van der Waals surface area (Å²) >= 11 is 3.46. The molecular formula is C16H18BrNO. The lowest BCUT2D eigenvalue weighted by atomic mass is 10.1. The molecule has 0 radical (unpaired) electrons. The zero-order chi connectivity index (χ0) is 13.5. The average Bonchev–Trinajstić information content (AvgIpc) is 2.44. The maximum Gasteiger partial charge on any atom is 0.0587 e. The van der Waals surface area contributed by atoms with Crippen LogP contribution in [0.25, 0.3) is 0 Å². The Kier molecular flexibility index (Phi) is 5.58. The van der Waals surface area contributed by atoms with Crippen LogP contribution < -0.4 is 5.32 Å². The molecule has 0 aliphatic rings. The molecule has 100 valence electrons. The van der Waals surface area contributed by atoms with E-state index in [1.54, 1.807) is 0 Å². The number of benzene rings is 2. The molecule has 2 aromatic carbocycles. The normalized spacial score (nSPS) is 12.3. The van der Waals surface area contributed by atoms with Crippen molar-refractivity contribution in [1.29, 1.82) is 0 Å². The van der Waals surface area contributed by atoms with Crippen molar-refractivity contribution in [2.24, 2.45) is 0 Å². The van der Waals surface area contributed by atoms with Gasteiger partial charge in [-0.2, -0.15) is 0 Å². The largest absolute Gasteiger partial charge is 0.395 e. The highest BCUT2D eigenvalue weighted by atomic mass is 79.9. The van der Waals surface area contributed by atoms with Crippen LogP contribution in [-0.4, -0.2) is 17.8 Å². The van der Waals surface area contributed by atoms with Gasteiger partial charge in [-0.25, -0.2) is 0 Å². The molecule has 0 spiro atoms. The van der Waals surface area contributed by atoms with E-state index in [0.717, 1.165) is 17.4 Å². The SMILES string of the molecule is OC[C@H](Cc1ccccc1)NCc1cccc(Br)c1. The van der Waals surface area contributed by atoms with E-state index in [9.17, 15) is 5.11 Å². The van der Waals surface area contributed by atoms with Gasteiger partial charge in [0, 0.05) is 17.1 Å². The number of hydrogen-bond acceptors (Lipinski definition) is 2. The zero-order valence-electron chi connectivity index (χ0n) is 10.7. The van der Waals surface area contributed by atoms with Crippen molar-refractivity contribution in [2.75, 3.05) is 6.61 Å². The summed E-state index contributed by atoms with van der Waals surface area (Å²) in [7, 11) is 0. The lowest BCUT2D eigenvalue weighted by molar-refractivity contribution is 0.241. The second-order valence-electron chi connectivity index (χ2n) is 4.58. The van der Waals surface area contributed by atoms with Gasteiger partial charge in [0.1, 0.15) is 0 Å². The van der Waals surface area contributed by atoms with Gasteiger partial charge in [0.25, 0.3) is 0 Å². The third-order valence-electron chi connectivity index (χ3n) is 3.03. The molecule has 3 heteroatoms. The van der Waals surface area contributed by atoms with Gasteiger partial charge >= 0.3 is 0 Å². The highest BCUT2D eigenvalue weighted by molar-refractivity contribution is 9.10. The smallest absolute Gasteiger partial charge is 0.0587 e. The van der Waals surface area contributed by atoms with Crippen LogP contribution in [0.4, 0.5) is 0 Å². The maximum absolute atomic E-state index is 9.45. The van der Waals surface area contributed by atoms with Gasteiger partial charge in [-0.3, -0.25) is 0 Å². The number of nitrogens with one attached hydrogen (secondary N) is 1. The van der Waals surface area contributed by atoms with E-state index in [-0.39, 0.29) is 12.6 Å². The first-order chi connectivity index (χ1) is 9.28. The van der Waals surface area contributed by atoms with Crippen LogP contribution in [0, 0.1) is 0 Å². The fraction of sp³-hybridized carbons (Fsp3) is 0.250. The molecule has 2 N–H and O–H groups in total. The van der Waals surface area contributed by atoms with Gasteiger partial charge in [-0.15, -0.1) is 0 Å². The molecule has 0 aliphatic heterocycles. The van der Waals surface area contributed by atoms with Crippen molar-refractivity contribution in [3.05, 3.63) is 70.2 Å². The third kappa shape index (κ3) is 4.78. The van der Waals surface area contributed by atoms with E-state index in [1.807, 2.05) is 30.3 Å². The standard InChI is InChI=1S/C16H18BrNO/c17-15-8-4-7-14(9-15)11-18-16(12-19)10-13-5-2-1-3-6-13/h1-9,16,18-19H,10-12H2/t16-/m0/s1.